The summed E-state index contributed by atoms with van der Waals surface area (Å²) in [5.41, 5.74) is 1.64. The lowest BCUT2D eigenvalue weighted by Crippen LogP contribution is -2.38. The van der Waals surface area contributed by atoms with Crippen molar-refractivity contribution in [2.24, 2.45) is 4.99 Å². The Morgan fingerprint density at radius 3 is 2.25 bits per heavy atom. The van der Waals surface area contributed by atoms with Gasteiger partial charge in [0.2, 0.25) is 11.7 Å². The fourth-order valence-electron chi connectivity index (χ4n) is 2.85. The van der Waals surface area contributed by atoms with Gasteiger partial charge in [0.05, 0.1) is 27.9 Å². The first-order valence-electron chi connectivity index (χ1n) is 9.74. The van der Waals surface area contributed by atoms with Crippen LogP contribution in [-0.2, 0) is 11.3 Å². The van der Waals surface area contributed by atoms with Gasteiger partial charge in [0.1, 0.15) is 12.4 Å². The van der Waals surface area contributed by atoms with Crippen molar-refractivity contribution in [2.45, 2.75) is 13.5 Å². The van der Waals surface area contributed by atoms with Crippen LogP contribution in [0.15, 0.2) is 41.4 Å². The fourth-order valence-corrected chi connectivity index (χ4v) is 2.85. The molecular formula is C22H31IN4O5. The number of halogens is 1. The van der Waals surface area contributed by atoms with Crippen LogP contribution in [0.5, 0.6) is 23.0 Å². The van der Waals surface area contributed by atoms with E-state index in [0.717, 1.165) is 5.56 Å². The molecule has 2 aromatic rings. The van der Waals surface area contributed by atoms with Crippen molar-refractivity contribution in [2.75, 3.05) is 46.8 Å². The third-order valence-corrected chi connectivity index (χ3v) is 4.23. The number of hydrogen-bond donors (Lipinski definition) is 3. The monoisotopic (exact) mass is 558 g/mol. The first-order chi connectivity index (χ1) is 15.0. The fraction of sp³-hybridized carbons (Fsp3) is 0.364. The highest BCUT2D eigenvalue weighted by atomic mass is 127. The molecule has 0 heterocycles. The van der Waals surface area contributed by atoms with E-state index in [9.17, 15) is 4.79 Å². The number of aliphatic imine (C=N–C) groups is 1. The van der Waals surface area contributed by atoms with Crippen molar-refractivity contribution >= 4 is 41.5 Å². The highest BCUT2D eigenvalue weighted by Crippen LogP contribution is 2.38. The highest BCUT2D eigenvalue weighted by molar-refractivity contribution is 14.0. The van der Waals surface area contributed by atoms with Crippen molar-refractivity contribution in [1.29, 1.82) is 0 Å². The van der Waals surface area contributed by atoms with Crippen molar-refractivity contribution in [3.8, 4) is 23.0 Å². The van der Waals surface area contributed by atoms with Gasteiger partial charge in [-0.1, -0.05) is 6.07 Å². The highest BCUT2D eigenvalue weighted by Gasteiger charge is 2.13. The smallest absolute Gasteiger partial charge is 0.221 e. The molecule has 0 aliphatic rings. The summed E-state index contributed by atoms with van der Waals surface area (Å²) < 4.78 is 21.8. The third-order valence-electron chi connectivity index (χ3n) is 4.23. The van der Waals surface area contributed by atoms with Crippen LogP contribution in [0.4, 0.5) is 5.69 Å². The molecule has 1 amide bonds. The molecule has 0 aromatic heterocycles. The van der Waals surface area contributed by atoms with E-state index in [1.807, 2.05) is 24.3 Å². The van der Waals surface area contributed by atoms with Gasteiger partial charge in [-0.2, -0.15) is 0 Å². The van der Waals surface area contributed by atoms with Crippen molar-refractivity contribution < 1.29 is 23.7 Å². The first kappa shape index (κ1) is 27.1. The second-order valence-electron chi connectivity index (χ2n) is 6.44. The molecule has 9 nitrogen and oxygen atoms in total. The van der Waals surface area contributed by atoms with Gasteiger partial charge in [0.25, 0.3) is 0 Å². The van der Waals surface area contributed by atoms with E-state index in [4.69, 9.17) is 18.9 Å². The maximum atomic E-state index is 11.2. The van der Waals surface area contributed by atoms with Crippen molar-refractivity contribution in [3.63, 3.8) is 0 Å². The number of rotatable bonds is 10. The second kappa shape index (κ2) is 14.2. The molecule has 3 N–H and O–H groups in total. The number of carbonyl (C=O) groups excluding carboxylic acids is 1. The Hall–Kier alpha value is -2.89. The van der Waals surface area contributed by atoms with Crippen LogP contribution in [-0.4, -0.2) is 53.4 Å². The molecule has 0 aliphatic heterocycles. The topological polar surface area (TPSA) is 102 Å². The van der Waals surface area contributed by atoms with E-state index >= 15 is 0 Å². The number of carbonyl (C=O) groups is 1. The van der Waals surface area contributed by atoms with Gasteiger partial charge < -0.3 is 34.9 Å². The van der Waals surface area contributed by atoms with Crippen LogP contribution < -0.4 is 34.9 Å². The molecule has 0 aliphatic carbocycles. The Morgan fingerprint density at radius 1 is 1.00 bits per heavy atom. The summed E-state index contributed by atoms with van der Waals surface area (Å²) in [6.45, 7) is 2.94. The third kappa shape index (κ3) is 8.33. The standard InChI is InChI=1S/C22H30N4O5.HI/c1-15(27)26-17-7-6-8-18(13-17)31-10-9-24-22(23-2)25-14-16-11-19(28-3)21(30-5)20(12-16)29-4;/h6-8,11-13H,9-10,14H2,1-5H3,(H,26,27)(H2,23,24,25);1H. The van der Waals surface area contributed by atoms with Crippen molar-refractivity contribution in [3.05, 3.63) is 42.0 Å². The molecular weight excluding hydrogens is 527 g/mol. The summed E-state index contributed by atoms with van der Waals surface area (Å²) in [6.07, 6.45) is 0. The molecule has 0 saturated heterocycles. The molecule has 0 radical (unpaired) electrons. The number of hydrogen-bond acceptors (Lipinski definition) is 6. The molecule has 32 heavy (non-hydrogen) atoms. The molecule has 10 heteroatoms. The minimum Gasteiger partial charge on any atom is -0.493 e. The summed E-state index contributed by atoms with van der Waals surface area (Å²) >= 11 is 0. The van der Waals surface area contributed by atoms with Crippen LogP contribution in [0.2, 0.25) is 0 Å². The van der Waals surface area contributed by atoms with E-state index in [1.165, 1.54) is 6.92 Å². The maximum Gasteiger partial charge on any atom is 0.221 e. The number of methoxy groups -OCH3 is 3. The summed E-state index contributed by atoms with van der Waals surface area (Å²) in [4.78, 5) is 15.4. The first-order valence-corrected chi connectivity index (χ1v) is 9.74. The summed E-state index contributed by atoms with van der Waals surface area (Å²) in [5, 5.41) is 9.16. The van der Waals surface area contributed by atoms with E-state index in [2.05, 4.69) is 20.9 Å². The SMILES string of the molecule is CN=C(NCCOc1cccc(NC(C)=O)c1)NCc1cc(OC)c(OC)c(OC)c1.I. The number of guanidine groups is 1. The molecule has 176 valence electrons. The van der Waals surface area contributed by atoms with Crippen molar-refractivity contribution in [1.82, 2.24) is 10.6 Å². The largest absolute Gasteiger partial charge is 0.493 e. The summed E-state index contributed by atoms with van der Waals surface area (Å²) in [5.74, 6) is 2.92. The average Bonchev–Trinajstić information content (AvgIpc) is 2.77. The average molecular weight is 558 g/mol. The molecule has 0 unspecified atom stereocenters. The van der Waals surface area contributed by atoms with Gasteiger partial charge in [0, 0.05) is 32.3 Å². The van der Waals surface area contributed by atoms with Crippen LogP contribution in [0.3, 0.4) is 0 Å². The van der Waals surface area contributed by atoms with Gasteiger partial charge in [-0.25, -0.2) is 0 Å². The Labute approximate surface area is 205 Å². The van der Waals surface area contributed by atoms with Crippen LogP contribution in [0, 0.1) is 0 Å². The lowest BCUT2D eigenvalue weighted by molar-refractivity contribution is -0.114. The Morgan fingerprint density at radius 2 is 1.69 bits per heavy atom. The zero-order valence-corrected chi connectivity index (χ0v) is 21.3. The normalized spacial score (nSPS) is 10.5. The number of ether oxygens (including phenoxy) is 4. The van der Waals surface area contributed by atoms with Crippen LogP contribution in [0.1, 0.15) is 12.5 Å². The van der Waals surface area contributed by atoms with Gasteiger partial charge in [0.15, 0.2) is 17.5 Å². The number of benzene rings is 2. The maximum absolute atomic E-state index is 11.2. The molecule has 0 fully saturated rings. The number of nitrogens with one attached hydrogen (secondary N) is 3. The molecule has 2 aromatic carbocycles. The van der Waals surface area contributed by atoms with E-state index in [-0.39, 0.29) is 29.9 Å². The molecule has 0 spiro atoms. The van der Waals surface area contributed by atoms with E-state index in [0.29, 0.717) is 54.3 Å². The Kier molecular flexibility index (Phi) is 12.1. The number of anilines is 1. The van der Waals surface area contributed by atoms with Gasteiger partial charge in [-0.3, -0.25) is 9.79 Å². The molecule has 0 bridgehead atoms. The number of nitrogens with zero attached hydrogens (tertiary/aromatic N) is 1. The minimum absolute atomic E-state index is 0. The van der Waals surface area contributed by atoms with Gasteiger partial charge in [-0.15, -0.1) is 24.0 Å². The van der Waals surface area contributed by atoms with Crippen LogP contribution >= 0.6 is 24.0 Å². The zero-order valence-electron chi connectivity index (χ0n) is 19.0. The Balaban J connectivity index is 0.00000512. The van der Waals surface area contributed by atoms with Gasteiger partial charge in [-0.05, 0) is 29.8 Å². The van der Waals surface area contributed by atoms with E-state index < -0.39 is 0 Å². The minimum atomic E-state index is -0.124. The molecule has 0 saturated carbocycles. The zero-order chi connectivity index (χ0) is 22.6. The Bertz CT molecular complexity index is 883. The predicted molar refractivity (Wildman–Crippen MR) is 136 cm³/mol. The summed E-state index contributed by atoms with van der Waals surface area (Å²) in [6, 6.07) is 11.0. The molecule has 2 rings (SSSR count). The lowest BCUT2D eigenvalue weighted by atomic mass is 10.2. The number of amides is 1. The summed E-state index contributed by atoms with van der Waals surface area (Å²) in [7, 11) is 6.44. The predicted octanol–water partition coefficient (Wildman–Crippen LogP) is 3.03. The lowest BCUT2D eigenvalue weighted by Gasteiger charge is -2.16. The quantitative estimate of drug-likeness (QED) is 0.178. The van der Waals surface area contributed by atoms with Gasteiger partial charge >= 0.3 is 0 Å². The second-order valence-corrected chi connectivity index (χ2v) is 6.44. The van der Waals surface area contributed by atoms with E-state index in [1.54, 1.807) is 40.5 Å². The van der Waals surface area contributed by atoms with Crippen LogP contribution in [0.25, 0.3) is 0 Å². The molecule has 0 atom stereocenters.